The Morgan fingerprint density at radius 2 is 1.77 bits per heavy atom. The summed E-state index contributed by atoms with van der Waals surface area (Å²) in [6.07, 6.45) is 7.57. The molecule has 1 aromatic carbocycles. The number of piperazine rings is 1. The molecule has 0 spiro atoms. The Labute approximate surface area is 179 Å². The van der Waals surface area contributed by atoms with Gasteiger partial charge in [-0.25, -0.2) is 23.4 Å². The van der Waals surface area contributed by atoms with Crippen molar-refractivity contribution in [2.45, 2.75) is 17.7 Å². The van der Waals surface area contributed by atoms with Gasteiger partial charge in [0.2, 0.25) is 15.9 Å². The number of nitrogens with zero attached hydrogens (tertiary/aromatic N) is 6. The number of aromatic nitrogens is 4. The van der Waals surface area contributed by atoms with Crippen LogP contribution >= 0.6 is 0 Å². The molecule has 2 aromatic heterocycles. The summed E-state index contributed by atoms with van der Waals surface area (Å²) in [6, 6.07) is 6.78. The van der Waals surface area contributed by atoms with Gasteiger partial charge in [0.1, 0.15) is 24.3 Å². The van der Waals surface area contributed by atoms with E-state index in [-0.39, 0.29) is 10.8 Å². The zero-order valence-electron chi connectivity index (χ0n) is 16.7. The van der Waals surface area contributed by atoms with Crippen LogP contribution in [0.4, 0.5) is 11.5 Å². The van der Waals surface area contributed by atoms with Gasteiger partial charge in [0.15, 0.2) is 0 Å². The minimum Gasteiger partial charge on any atom is -0.354 e. The molecule has 3 aromatic rings. The van der Waals surface area contributed by atoms with E-state index in [2.05, 4.69) is 25.2 Å². The highest BCUT2D eigenvalue weighted by Crippen LogP contribution is 2.28. The van der Waals surface area contributed by atoms with Crippen LogP contribution in [0.25, 0.3) is 5.82 Å². The monoisotopic (exact) mass is 439 g/mol. The molecule has 0 unspecified atom stereocenters. The fraction of sp³-hybridized carbons (Fsp3) is 0.300. The van der Waals surface area contributed by atoms with Crippen molar-refractivity contribution < 1.29 is 13.2 Å². The minimum atomic E-state index is -3.61. The van der Waals surface area contributed by atoms with Crippen LogP contribution in [0.5, 0.6) is 0 Å². The summed E-state index contributed by atoms with van der Waals surface area (Å²) >= 11 is 0. The second-order valence-electron chi connectivity index (χ2n) is 7.46. The maximum atomic E-state index is 13.2. The Kier molecular flexibility index (Phi) is 4.91. The van der Waals surface area contributed by atoms with E-state index in [1.807, 2.05) is 6.07 Å². The first kappa shape index (κ1) is 19.6. The molecule has 0 atom stereocenters. The quantitative estimate of drug-likeness (QED) is 0.647. The zero-order valence-corrected chi connectivity index (χ0v) is 17.5. The number of nitrogens with one attached hydrogen (secondary N) is 1. The lowest BCUT2D eigenvalue weighted by Crippen LogP contribution is -2.49. The van der Waals surface area contributed by atoms with E-state index >= 15 is 0 Å². The number of carbonyl (C=O) groups excluding carboxylic acids is 1. The number of rotatable bonds is 4. The minimum absolute atomic E-state index is 0.0415. The highest BCUT2D eigenvalue weighted by Gasteiger charge is 2.30. The molecule has 1 saturated heterocycles. The summed E-state index contributed by atoms with van der Waals surface area (Å²) in [7, 11) is -3.61. The van der Waals surface area contributed by atoms with Crippen molar-refractivity contribution in [3.8, 4) is 5.82 Å². The molecule has 1 amide bonds. The summed E-state index contributed by atoms with van der Waals surface area (Å²) in [5.74, 6) is 1.42. The van der Waals surface area contributed by atoms with Gasteiger partial charge in [-0.2, -0.15) is 4.31 Å². The molecule has 2 aliphatic heterocycles. The van der Waals surface area contributed by atoms with Crippen molar-refractivity contribution in [2.75, 3.05) is 36.4 Å². The predicted octanol–water partition coefficient (Wildman–Crippen LogP) is 1.06. The van der Waals surface area contributed by atoms with Crippen LogP contribution in [-0.4, -0.2) is 64.3 Å². The number of sulfonamides is 1. The number of carbonyl (C=O) groups is 1. The largest absolute Gasteiger partial charge is 0.354 e. The number of amides is 1. The zero-order chi connectivity index (χ0) is 21.4. The summed E-state index contributed by atoms with van der Waals surface area (Å²) in [5.41, 5.74) is 1.55. The summed E-state index contributed by atoms with van der Waals surface area (Å²) in [6.45, 7) is 1.78. The fourth-order valence-corrected chi connectivity index (χ4v) is 5.35. The number of hydrogen-bond acceptors (Lipinski definition) is 7. The van der Waals surface area contributed by atoms with Crippen molar-refractivity contribution in [1.29, 1.82) is 0 Å². The lowest BCUT2D eigenvalue weighted by Gasteiger charge is -2.34. The maximum Gasteiger partial charge on any atom is 0.243 e. The third kappa shape index (κ3) is 3.77. The Morgan fingerprint density at radius 3 is 2.55 bits per heavy atom. The molecule has 4 heterocycles. The van der Waals surface area contributed by atoms with Crippen LogP contribution in [0.2, 0.25) is 0 Å². The SMILES string of the molecule is O=C1CCc2cc(S(=O)(=O)N3CCN(c4cc(-n5ccnc5)ncn4)CC3)ccc2N1. The number of benzene rings is 1. The molecule has 0 bridgehead atoms. The smallest absolute Gasteiger partial charge is 0.243 e. The van der Waals surface area contributed by atoms with E-state index in [1.54, 1.807) is 41.5 Å². The van der Waals surface area contributed by atoms with Crippen molar-refractivity contribution in [3.63, 3.8) is 0 Å². The van der Waals surface area contributed by atoms with Crippen molar-refractivity contribution >= 4 is 27.4 Å². The first-order valence-electron chi connectivity index (χ1n) is 9.99. The van der Waals surface area contributed by atoms with E-state index < -0.39 is 10.0 Å². The lowest BCUT2D eigenvalue weighted by atomic mass is 10.0. The standard InChI is InChI=1S/C20H21N7O3S/c28-20-4-1-15-11-16(2-3-17(15)24-20)31(29,30)27-9-7-25(8-10-27)18-12-19(23-13-22-18)26-6-5-21-14-26/h2-3,5-6,11-14H,1,4,7-10H2,(H,24,28). The molecule has 160 valence electrons. The lowest BCUT2D eigenvalue weighted by molar-refractivity contribution is -0.116. The first-order chi connectivity index (χ1) is 15.0. The van der Waals surface area contributed by atoms with Crippen LogP contribution in [0.3, 0.4) is 0 Å². The molecule has 5 rings (SSSR count). The topological polar surface area (TPSA) is 113 Å². The van der Waals surface area contributed by atoms with Crippen LogP contribution in [0.1, 0.15) is 12.0 Å². The fourth-order valence-electron chi connectivity index (χ4n) is 3.87. The highest BCUT2D eigenvalue weighted by atomic mass is 32.2. The van der Waals surface area contributed by atoms with E-state index in [1.165, 1.54) is 10.6 Å². The third-order valence-electron chi connectivity index (χ3n) is 5.58. The van der Waals surface area contributed by atoms with Gasteiger partial charge in [-0.3, -0.25) is 9.36 Å². The van der Waals surface area contributed by atoms with Gasteiger partial charge in [0, 0.05) is 56.7 Å². The van der Waals surface area contributed by atoms with Gasteiger partial charge in [-0.05, 0) is 30.2 Å². The van der Waals surface area contributed by atoms with Gasteiger partial charge in [-0.15, -0.1) is 0 Å². The first-order valence-corrected chi connectivity index (χ1v) is 11.4. The number of imidazole rings is 1. The van der Waals surface area contributed by atoms with Gasteiger partial charge >= 0.3 is 0 Å². The van der Waals surface area contributed by atoms with Crippen molar-refractivity contribution in [2.24, 2.45) is 0 Å². The van der Waals surface area contributed by atoms with Crippen LogP contribution < -0.4 is 10.2 Å². The van der Waals surface area contributed by atoms with Gasteiger partial charge in [0.05, 0.1) is 4.90 Å². The van der Waals surface area contributed by atoms with E-state index in [0.717, 1.165) is 11.4 Å². The Hall–Kier alpha value is -3.31. The summed E-state index contributed by atoms with van der Waals surface area (Å²) in [4.78, 5) is 26.5. The average Bonchev–Trinajstić information content (AvgIpc) is 3.34. The molecule has 10 nitrogen and oxygen atoms in total. The molecule has 1 N–H and O–H groups in total. The Bertz CT molecular complexity index is 1220. The van der Waals surface area contributed by atoms with E-state index in [0.29, 0.717) is 50.5 Å². The van der Waals surface area contributed by atoms with Crippen molar-refractivity contribution in [1.82, 2.24) is 23.8 Å². The van der Waals surface area contributed by atoms with E-state index in [4.69, 9.17) is 0 Å². The Morgan fingerprint density at radius 1 is 0.968 bits per heavy atom. The number of anilines is 2. The van der Waals surface area contributed by atoms with Gasteiger partial charge in [-0.1, -0.05) is 0 Å². The molecule has 2 aliphatic rings. The number of aryl methyl sites for hydroxylation is 1. The van der Waals surface area contributed by atoms with Crippen molar-refractivity contribution in [3.05, 3.63) is 54.9 Å². The number of fused-ring (bicyclic) bond motifs is 1. The molecule has 31 heavy (non-hydrogen) atoms. The normalized spacial score (nSPS) is 17.3. The molecule has 0 aliphatic carbocycles. The van der Waals surface area contributed by atoms with Gasteiger partial charge in [0.25, 0.3) is 0 Å². The van der Waals surface area contributed by atoms with E-state index in [9.17, 15) is 13.2 Å². The molecular weight excluding hydrogens is 418 g/mol. The summed E-state index contributed by atoms with van der Waals surface area (Å²) < 4.78 is 29.6. The molecule has 0 radical (unpaired) electrons. The van der Waals surface area contributed by atoms with Gasteiger partial charge < -0.3 is 10.2 Å². The second kappa shape index (κ2) is 7.75. The molecule has 1 fully saturated rings. The Balaban J connectivity index is 1.30. The molecule has 11 heteroatoms. The maximum absolute atomic E-state index is 13.2. The van der Waals surface area contributed by atoms with Crippen LogP contribution in [0, 0.1) is 0 Å². The summed E-state index contributed by atoms with van der Waals surface area (Å²) in [5, 5.41) is 2.78. The van der Waals surface area contributed by atoms with Crippen LogP contribution in [0.15, 0.2) is 54.2 Å². The molecule has 0 saturated carbocycles. The average molecular weight is 440 g/mol. The molecular formula is C20H21N7O3S. The number of hydrogen-bond donors (Lipinski definition) is 1. The second-order valence-corrected chi connectivity index (χ2v) is 9.40. The third-order valence-corrected chi connectivity index (χ3v) is 7.47. The predicted molar refractivity (Wildman–Crippen MR) is 114 cm³/mol. The van der Waals surface area contributed by atoms with Crippen LogP contribution in [-0.2, 0) is 21.2 Å². The highest BCUT2D eigenvalue weighted by molar-refractivity contribution is 7.89.